The molecule has 0 unspecified atom stereocenters. The number of nitrogens with two attached hydrogens (primary N) is 1. The van der Waals surface area contributed by atoms with Crippen molar-refractivity contribution in [2.75, 3.05) is 6.54 Å². The monoisotopic (exact) mass is 201 g/mol. The molecular formula is C8H11NO3S. The first-order valence-corrected chi connectivity index (χ1v) is 4.69. The molecule has 0 amide bonds. The molecule has 0 spiro atoms. The van der Waals surface area contributed by atoms with Crippen molar-refractivity contribution >= 4 is 17.3 Å². The molecule has 4 nitrogen and oxygen atoms in total. The Labute approximate surface area is 79.9 Å². The van der Waals surface area contributed by atoms with Crippen LogP contribution in [-0.2, 0) is 16.1 Å². The molecule has 0 aromatic carbocycles. The van der Waals surface area contributed by atoms with E-state index in [4.69, 9.17) is 15.6 Å². The smallest absolute Gasteiger partial charge is 0.336 e. The van der Waals surface area contributed by atoms with Gasteiger partial charge in [-0.2, -0.15) is 0 Å². The zero-order chi connectivity index (χ0) is 9.68. The molecule has 13 heavy (non-hydrogen) atoms. The molecule has 72 valence electrons. The SMILES string of the molecule is NC[C@H](O)C(=O)OCc1cccs1. The lowest BCUT2D eigenvalue weighted by molar-refractivity contribution is -0.154. The number of aliphatic hydroxyl groups is 1. The molecule has 0 bridgehead atoms. The average molecular weight is 201 g/mol. The molecule has 1 heterocycles. The number of hydrogen-bond donors (Lipinski definition) is 2. The molecule has 0 fully saturated rings. The molecule has 0 aliphatic carbocycles. The Balaban J connectivity index is 2.31. The minimum Gasteiger partial charge on any atom is -0.458 e. The molecule has 1 aromatic rings. The van der Waals surface area contributed by atoms with E-state index in [1.807, 2.05) is 17.5 Å². The summed E-state index contributed by atoms with van der Waals surface area (Å²) in [5, 5.41) is 10.9. The van der Waals surface area contributed by atoms with Crippen molar-refractivity contribution in [1.29, 1.82) is 0 Å². The first-order chi connectivity index (χ1) is 6.24. The third kappa shape index (κ3) is 3.14. The van der Waals surface area contributed by atoms with Gasteiger partial charge in [0.2, 0.25) is 0 Å². The zero-order valence-corrected chi connectivity index (χ0v) is 7.79. The second-order valence-electron chi connectivity index (χ2n) is 2.44. The van der Waals surface area contributed by atoms with Gasteiger partial charge in [-0.15, -0.1) is 11.3 Å². The van der Waals surface area contributed by atoms with Crippen LogP contribution in [0.5, 0.6) is 0 Å². The van der Waals surface area contributed by atoms with E-state index in [9.17, 15) is 4.79 Å². The Kier molecular flexibility index (Phi) is 3.88. The Morgan fingerprint density at radius 2 is 2.54 bits per heavy atom. The molecular weight excluding hydrogens is 190 g/mol. The standard InChI is InChI=1S/C8H11NO3S/c9-4-7(10)8(11)12-5-6-2-1-3-13-6/h1-3,7,10H,4-5,9H2/t7-/m0/s1. The summed E-state index contributed by atoms with van der Waals surface area (Å²) in [6.45, 7) is 0.0941. The van der Waals surface area contributed by atoms with Gasteiger partial charge in [0.25, 0.3) is 0 Å². The number of carbonyl (C=O) groups excluding carboxylic acids is 1. The van der Waals surface area contributed by atoms with Crippen LogP contribution < -0.4 is 5.73 Å². The van der Waals surface area contributed by atoms with Crippen LogP contribution in [0, 0.1) is 0 Å². The second-order valence-corrected chi connectivity index (χ2v) is 3.47. The normalized spacial score (nSPS) is 12.5. The summed E-state index contributed by atoms with van der Waals surface area (Å²) in [4.78, 5) is 11.9. The van der Waals surface area contributed by atoms with E-state index in [0.29, 0.717) is 0 Å². The fourth-order valence-electron chi connectivity index (χ4n) is 0.729. The van der Waals surface area contributed by atoms with Gasteiger partial charge in [-0.1, -0.05) is 6.07 Å². The van der Waals surface area contributed by atoms with Crippen molar-refractivity contribution in [3.05, 3.63) is 22.4 Å². The molecule has 1 atom stereocenters. The van der Waals surface area contributed by atoms with Crippen molar-refractivity contribution in [2.24, 2.45) is 5.73 Å². The fraction of sp³-hybridized carbons (Fsp3) is 0.375. The third-order valence-electron chi connectivity index (χ3n) is 1.43. The fourth-order valence-corrected chi connectivity index (χ4v) is 1.35. The lowest BCUT2D eigenvalue weighted by atomic mass is 10.4. The van der Waals surface area contributed by atoms with Gasteiger partial charge in [0.1, 0.15) is 6.61 Å². The van der Waals surface area contributed by atoms with Gasteiger partial charge in [0, 0.05) is 11.4 Å². The van der Waals surface area contributed by atoms with Crippen LogP contribution in [0.4, 0.5) is 0 Å². The van der Waals surface area contributed by atoms with E-state index in [0.717, 1.165) is 4.88 Å². The van der Waals surface area contributed by atoms with Crippen LogP contribution in [0.15, 0.2) is 17.5 Å². The second kappa shape index (κ2) is 4.96. The van der Waals surface area contributed by atoms with Gasteiger partial charge in [0.05, 0.1) is 0 Å². The summed E-state index contributed by atoms with van der Waals surface area (Å²) in [7, 11) is 0. The van der Waals surface area contributed by atoms with Crippen LogP contribution in [0.3, 0.4) is 0 Å². The van der Waals surface area contributed by atoms with Crippen molar-refractivity contribution < 1.29 is 14.6 Å². The highest BCUT2D eigenvalue weighted by molar-refractivity contribution is 7.09. The molecule has 1 rings (SSSR count). The summed E-state index contributed by atoms with van der Waals surface area (Å²) < 4.78 is 4.78. The van der Waals surface area contributed by atoms with Gasteiger partial charge >= 0.3 is 5.97 Å². The van der Waals surface area contributed by atoms with E-state index >= 15 is 0 Å². The Morgan fingerprint density at radius 3 is 3.08 bits per heavy atom. The van der Waals surface area contributed by atoms with E-state index in [2.05, 4.69) is 0 Å². The van der Waals surface area contributed by atoms with Crippen LogP contribution in [0.25, 0.3) is 0 Å². The molecule has 0 saturated carbocycles. The average Bonchev–Trinajstić information content (AvgIpc) is 2.65. The molecule has 0 saturated heterocycles. The van der Waals surface area contributed by atoms with Crippen molar-refractivity contribution in [3.63, 3.8) is 0 Å². The summed E-state index contributed by atoms with van der Waals surface area (Å²) in [6, 6.07) is 3.72. The van der Waals surface area contributed by atoms with Crippen molar-refractivity contribution in [2.45, 2.75) is 12.7 Å². The Bertz CT molecular complexity index is 260. The maximum Gasteiger partial charge on any atom is 0.336 e. The van der Waals surface area contributed by atoms with Crippen LogP contribution in [0.1, 0.15) is 4.88 Å². The number of hydrogen-bond acceptors (Lipinski definition) is 5. The summed E-state index contributed by atoms with van der Waals surface area (Å²) in [6.07, 6.45) is -1.21. The minimum absolute atomic E-state index is 0.108. The molecule has 0 aliphatic heterocycles. The van der Waals surface area contributed by atoms with Gasteiger partial charge in [-0.25, -0.2) is 4.79 Å². The quantitative estimate of drug-likeness (QED) is 0.678. The highest BCUT2D eigenvalue weighted by Gasteiger charge is 2.14. The lowest BCUT2D eigenvalue weighted by Gasteiger charge is -2.06. The van der Waals surface area contributed by atoms with Crippen LogP contribution >= 0.6 is 11.3 Å². The van der Waals surface area contributed by atoms with E-state index in [1.54, 1.807) is 0 Å². The third-order valence-corrected chi connectivity index (χ3v) is 2.28. The van der Waals surface area contributed by atoms with Gasteiger partial charge in [-0.05, 0) is 11.4 Å². The Morgan fingerprint density at radius 1 is 1.77 bits per heavy atom. The predicted octanol–water partition coefficient (Wildman–Crippen LogP) is 0.111. The van der Waals surface area contributed by atoms with E-state index in [-0.39, 0.29) is 13.2 Å². The number of carbonyl (C=O) groups is 1. The molecule has 0 radical (unpaired) electrons. The van der Waals surface area contributed by atoms with Gasteiger partial charge < -0.3 is 15.6 Å². The van der Waals surface area contributed by atoms with Gasteiger partial charge in [0.15, 0.2) is 6.10 Å². The maximum absolute atomic E-state index is 10.9. The van der Waals surface area contributed by atoms with Crippen molar-refractivity contribution in [1.82, 2.24) is 0 Å². The number of rotatable bonds is 4. The predicted molar refractivity (Wildman–Crippen MR) is 49.2 cm³/mol. The molecule has 3 N–H and O–H groups in total. The lowest BCUT2D eigenvalue weighted by Crippen LogP contribution is -2.30. The number of ether oxygens (including phenoxy) is 1. The Hall–Kier alpha value is -0.910. The number of thiophene rings is 1. The summed E-state index contributed by atoms with van der Waals surface area (Å²) in [5.41, 5.74) is 5.07. The topological polar surface area (TPSA) is 72.5 Å². The minimum atomic E-state index is -1.21. The number of esters is 1. The first kappa shape index (κ1) is 10.2. The maximum atomic E-state index is 10.9. The van der Waals surface area contributed by atoms with E-state index in [1.165, 1.54) is 11.3 Å². The molecule has 0 aliphatic rings. The summed E-state index contributed by atoms with van der Waals surface area (Å²) >= 11 is 1.49. The highest BCUT2D eigenvalue weighted by atomic mass is 32.1. The van der Waals surface area contributed by atoms with Gasteiger partial charge in [-0.3, -0.25) is 0 Å². The largest absolute Gasteiger partial charge is 0.458 e. The highest BCUT2D eigenvalue weighted by Crippen LogP contribution is 2.09. The van der Waals surface area contributed by atoms with Crippen molar-refractivity contribution in [3.8, 4) is 0 Å². The van der Waals surface area contributed by atoms with E-state index < -0.39 is 12.1 Å². The zero-order valence-electron chi connectivity index (χ0n) is 6.97. The molecule has 1 aromatic heterocycles. The first-order valence-electron chi connectivity index (χ1n) is 3.81. The molecule has 5 heteroatoms. The summed E-state index contributed by atoms with van der Waals surface area (Å²) in [5.74, 6) is -0.670. The van der Waals surface area contributed by atoms with Crippen LogP contribution in [-0.4, -0.2) is 23.7 Å². The van der Waals surface area contributed by atoms with Crippen LogP contribution in [0.2, 0.25) is 0 Å². The number of aliphatic hydroxyl groups excluding tert-OH is 1.